The molecule has 118 valence electrons. The maximum absolute atomic E-state index is 12.1. The number of aliphatic carboxylic acids is 1. The maximum Gasteiger partial charge on any atom is 0.326 e. The fraction of sp³-hybridized carbons (Fsp3) is 0.438. The van der Waals surface area contributed by atoms with Crippen LogP contribution in [0.15, 0.2) is 29.4 Å². The van der Waals surface area contributed by atoms with E-state index in [0.29, 0.717) is 5.56 Å². The first kappa shape index (κ1) is 16.0. The Morgan fingerprint density at radius 3 is 2.36 bits per heavy atom. The summed E-state index contributed by atoms with van der Waals surface area (Å²) in [6.07, 6.45) is 0.941. The first-order valence-electron chi connectivity index (χ1n) is 7.34. The second-order valence-electron chi connectivity index (χ2n) is 5.79. The number of hydrogen-bond acceptors (Lipinski definition) is 4. The Morgan fingerprint density at radius 1 is 1.27 bits per heavy atom. The van der Waals surface area contributed by atoms with Crippen molar-refractivity contribution in [1.29, 1.82) is 0 Å². The highest BCUT2D eigenvalue weighted by Gasteiger charge is 2.24. The number of anilines is 1. The summed E-state index contributed by atoms with van der Waals surface area (Å²) in [5.41, 5.74) is 2.45. The molecule has 6 heteroatoms. The molecule has 1 atom stereocenters. The molecule has 2 N–H and O–H groups in total. The van der Waals surface area contributed by atoms with E-state index in [1.165, 1.54) is 0 Å². The number of nitrogens with one attached hydrogen (secondary N) is 1. The van der Waals surface area contributed by atoms with E-state index in [-0.39, 0.29) is 11.8 Å². The van der Waals surface area contributed by atoms with Gasteiger partial charge in [0.05, 0.1) is 5.69 Å². The molecule has 0 saturated carbocycles. The standard InChI is InChI=1S/C16H21N3O3/c1-10(2)14(16(21)22)17-15(20)12-4-6-13(7-5-12)19-9-8-11(3)18-19/h4-7,10,14H,8-9H2,1-3H3,(H,17,20)(H,21,22). The van der Waals surface area contributed by atoms with Crippen molar-refractivity contribution in [2.24, 2.45) is 11.0 Å². The first-order chi connectivity index (χ1) is 10.4. The van der Waals surface area contributed by atoms with Crippen molar-refractivity contribution >= 4 is 23.3 Å². The van der Waals surface area contributed by atoms with Gasteiger partial charge in [-0.2, -0.15) is 5.10 Å². The molecule has 6 nitrogen and oxygen atoms in total. The minimum Gasteiger partial charge on any atom is -0.480 e. The van der Waals surface area contributed by atoms with Crippen molar-refractivity contribution in [3.63, 3.8) is 0 Å². The molecule has 1 heterocycles. The summed E-state index contributed by atoms with van der Waals surface area (Å²) in [6, 6.07) is 6.13. The minimum absolute atomic E-state index is 0.178. The number of carboxylic acid groups (broad SMARTS) is 1. The van der Waals surface area contributed by atoms with E-state index in [2.05, 4.69) is 10.4 Å². The molecule has 1 aliphatic heterocycles. The molecule has 0 bridgehead atoms. The van der Waals surface area contributed by atoms with E-state index < -0.39 is 12.0 Å². The molecule has 1 unspecified atom stereocenters. The molecule has 22 heavy (non-hydrogen) atoms. The van der Waals surface area contributed by atoms with E-state index in [1.807, 2.05) is 24.1 Å². The molecule has 0 saturated heterocycles. The van der Waals surface area contributed by atoms with Crippen molar-refractivity contribution in [3.8, 4) is 0 Å². The lowest BCUT2D eigenvalue weighted by Gasteiger charge is -2.18. The van der Waals surface area contributed by atoms with Gasteiger partial charge in [-0.05, 0) is 37.1 Å². The number of hydrazone groups is 1. The lowest BCUT2D eigenvalue weighted by atomic mass is 10.0. The molecule has 1 aromatic rings. The molecule has 0 spiro atoms. The van der Waals surface area contributed by atoms with E-state index in [1.54, 1.807) is 26.0 Å². The van der Waals surface area contributed by atoms with Gasteiger partial charge in [0.25, 0.3) is 5.91 Å². The van der Waals surface area contributed by atoms with Crippen LogP contribution in [-0.4, -0.2) is 35.3 Å². The maximum atomic E-state index is 12.1. The van der Waals surface area contributed by atoms with Crippen LogP contribution in [0.25, 0.3) is 0 Å². The number of carboxylic acids is 1. The Labute approximate surface area is 129 Å². The van der Waals surface area contributed by atoms with Gasteiger partial charge in [-0.25, -0.2) is 4.79 Å². The van der Waals surface area contributed by atoms with Gasteiger partial charge in [0, 0.05) is 24.2 Å². The van der Waals surface area contributed by atoms with Crippen LogP contribution in [-0.2, 0) is 4.79 Å². The molecule has 0 radical (unpaired) electrons. The van der Waals surface area contributed by atoms with Crippen molar-refractivity contribution < 1.29 is 14.7 Å². The summed E-state index contributed by atoms with van der Waals surface area (Å²) in [5.74, 6) is -1.58. The largest absolute Gasteiger partial charge is 0.480 e. The number of nitrogens with zero attached hydrogens (tertiary/aromatic N) is 2. The molecule has 0 aliphatic carbocycles. The van der Waals surface area contributed by atoms with Crippen molar-refractivity contribution in [3.05, 3.63) is 29.8 Å². The highest BCUT2D eigenvalue weighted by Crippen LogP contribution is 2.20. The number of carbonyl (C=O) groups is 2. The molecular weight excluding hydrogens is 282 g/mol. The zero-order valence-corrected chi connectivity index (χ0v) is 13.0. The SMILES string of the molecule is CC1=NN(c2ccc(C(=O)NC(C(=O)O)C(C)C)cc2)CC1. The van der Waals surface area contributed by atoms with Gasteiger partial charge >= 0.3 is 5.97 Å². The van der Waals surface area contributed by atoms with Crippen LogP contribution < -0.4 is 10.3 Å². The summed E-state index contributed by atoms with van der Waals surface area (Å²) in [5, 5.41) is 18.0. The summed E-state index contributed by atoms with van der Waals surface area (Å²) < 4.78 is 0. The van der Waals surface area contributed by atoms with E-state index in [0.717, 1.165) is 24.4 Å². The Balaban J connectivity index is 2.06. The third-order valence-corrected chi connectivity index (χ3v) is 3.62. The Hall–Kier alpha value is -2.37. The van der Waals surface area contributed by atoms with Gasteiger partial charge in [-0.1, -0.05) is 13.8 Å². The van der Waals surface area contributed by atoms with Crippen LogP contribution in [0, 0.1) is 5.92 Å². The zero-order valence-electron chi connectivity index (χ0n) is 13.0. The summed E-state index contributed by atoms with van der Waals surface area (Å²) >= 11 is 0. The molecule has 1 aromatic carbocycles. The third kappa shape index (κ3) is 3.63. The Morgan fingerprint density at radius 2 is 1.91 bits per heavy atom. The lowest BCUT2D eigenvalue weighted by molar-refractivity contribution is -0.140. The normalized spacial score (nSPS) is 15.6. The van der Waals surface area contributed by atoms with Crippen molar-refractivity contribution in [1.82, 2.24) is 5.32 Å². The monoisotopic (exact) mass is 303 g/mol. The van der Waals surface area contributed by atoms with Gasteiger partial charge in [0.1, 0.15) is 6.04 Å². The van der Waals surface area contributed by atoms with Gasteiger partial charge in [0.15, 0.2) is 0 Å². The average Bonchev–Trinajstić information content (AvgIpc) is 2.90. The van der Waals surface area contributed by atoms with E-state index in [9.17, 15) is 9.59 Å². The lowest BCUT2D eigenvalue weighted by Crippen LogP contribution is -2.44. The number of rotatable bonds is 5. The third-order valence-electron chi connectivity index (χ3n) is 3.62. The van der Waals surface area contributed by atoms with E-state index >= 15 is 0 Å². The molecule has 2 rings (SSSR count). The average molecular weight is 303 g/mol. The fourth-order valence-corrected chi connectivity index (χ4v) is 2.28. The van der Waals surface area contributed by atoms with Gasteiger partial charge in [-0.15, -0.1) is 0 Å². The minimum atomic E-state index is -1.03. The molecule has 1 amide bonds. The number of carbonyl (C=O) groups excluding carboxylic acids is 1. The quantitative estimate of drug-likeness (QED) is 0.873. The second kappa shape index (κ2) is 6.60. The molecule has 1 aliphatic rings. The number of benzene rings is 1. The van der Waals surface area contributed by atoms with Gasteiger partial charge < -0.3 is 10.4 Å². The Kier molecular flexibility index (Phi) is 4.80. The van der Waals surface area contributed by atoms with E-state index in [4.69, 9.17) is 5.11 Å². The molecule has 0 aromatic heterocycles. The summed E-state index contributed by atoms with van der Waals surface area (Å²) in [7, 11) is 0. The topological polar surface area (TPSA) is 82.0 Å². The Bertz CT molecular complexity index is 593. The fourth-order valence-electron chi connectivity index (χ4n) is 2.28. The van der Waals surface area contributed by atoms with Gasteiger partial charge in [0.2, 0.25) is 0 Å². The summed E-state index contributed by atoms with van der Waals surface area (Å²) in [4.78, 5) is 23.3. The van der Waals surface area contributed by atoms with Crippen molar-refractivity contribution in [2.75, 3.05) is 11.6 Å². The van der Waals surface area contributed by atoms with Crippen LogP contribution in [0.4, 0.5) is 5.69 Å². The highest BCUT2D eigenvalue weighted by atomic mass is 16.4. The zero-order chi connectivity index (χ0) is 16.3. The second-order valence-corrected chi connectivity index (χ2v) is 5.79. The molecular formula is C16H21N3O3. The van der Waals surface area contributed by atoms with Crippen molar-refractivity contribution in [2.45, 2.75) is 33.2 Å². The van der Waals surface area contributed by atoms with Gasteiger partial charge in [-0.3, -0.25) is 9.80 Å². The van der Waals surface area contributed by atoms with Crippen LogP contribution in [0.5, 0.6) is 0 Å². The smallest absolute Gasteiger partial charge is 0.326 e. The predicted octanol–water partition coefficient (Wildman–Crippen LogP) is 2.11. The number of amides is 1. The first-order valence-corrected chi connectivity index (χ1v) is 7.34. The predicted molar refractivity (Wildman–Crippen MR) is 85.2 cm³/mol. The van der Waals surface area contributed by atoms with Crippen LogP contribution in [0.2, 0.25) is 0 Å². The summed E-state index contributed by atoms with van der Waals surface area (Å²) in [6.45, 7) is 6.34. The van der Waals surface area contributed by atoms with Crippen LogP contribution in [0.3, 0.4) is 0 Å². The van der Waals surface area contributed by atoms with Crippen LogP contribution >= 0.6 is 0 Å². The van der Waals surface area contributed by atoms with Crippen LogP contribution in [0.1, 0.15) is 37.6 Å². The molecule has 0 fully saturated rings. The highest BCUT2D eigenvalue weighted by molar-refractivity contribution is 5.97. The number of hydrogen-bond donors (Lipinski definition) is 2.